The lowest BCUT2D eigenvalue weighted by Gasteiger charge is -2.40. The van der Waals surface area contributed by atoms with Gasteiger partial charge in [-0.2, -0.15) is 5.01 Å². The van der Waals surface area contributed by atoms with Gasteiger partial charge in [-0.15, -0.1) is 10.2 Å². The van der Waals surface area contributed by atoms with Crippen molar-refractivity contribution in [3.63, 3.8) is 0 Å². The van der Waals surface area contributed by atoms with Gasteiger partial charge in [0.2, 0.25) is 0 Å². The number of nitrogens with zero attached hydrogens (tertiary/aromatic N) is 3. The summed E-state index contributed by atoms with van der Waals surface area (Å²) in [5.74, 6) is -0.520. The van der Waals surface area contributed by atoms with E-state index < -0.39 is 16.9 Å². The Bertz CT molecular complexity index is 760. The summed E-state index contributed by atoms with van der Waals surface area (Å²) < 4.78 is 0. The first kappa shape index (κ1) is 18.5. The number of hydrazine groups is 1. The van der Waals surface area contributed by atoms with Crippen LogP contribution < -0.4 is 0 Å². The Kier molecular flexibility index (Phi) is 6.00. The molecule has 0 aromatic heterocycles. The maximum Gasteiger partial charge on any atom is 0.390 e. The van der Waals surface area contributed by atoms with E-state index in [1.54, 1.807) is 7.05 Å². The van der Waals surface area contributed by atoms with Crippen molar-refractivity contribution < 1.29 is 19.3 Å². The Morgan fingerprint density at radius 2 is 1.38 bits per heavy atom. The first-order valence-corrected chi connectivity index (χ1v) is 8.88. The molecule has 0 saturated carbocycles. The standard InChI is InChI=1S/C18H18BrN3O4/c1-20-16(19)17(23)21(25-12-14-8-4-2-5-9-14)18(24)22(20)26-13-15-10-6-3-7-11-15/h2-11,16H,12-13H2,1H3. The minimum atomic E-state index is -0.785. The number of rotatable bonds is 6. The van der Waals surface area contributed by atoms with Crippen LogP contribution in [0.1, 0.15) is 11.1 Å². The van der Waals surface area contributed by atoms with Crippen LogP contribution in [0, 0.1) is 0 Å². The lowest BCUT2D eigenvalue weighted by atomic mass is 10.2. The number of carbonyl (C=O) groups is 2. The Labute approximate surface area is 159 Å². The normalized spacial score (nSPS) is 18.5. The summed E-state index contributed by atoms with van der Waals surface area (Å²) in [6, 6.07) is 18.0. The number of carbonyl (C=O) groups excluding carboxylic acids is 2. The molecule has 7 nitrogen and oxygen atoms in total. The molecule has 3 amide bonds. The summed E-state index contributed by atoms with van der Waals surface area (Å²) in [4.78, 5) is 35.3. The quantitative estimate of drug-likeness (QED) is 0.531. The molecule has 26 heavy (non-hydrogen) atoms. The molecule has 3 rings (SSSR count). The highest BCUT2D eigenvalue weighted by atomic mass is 79.9. The van der Waals surface area contributed by atoms with Crippen molar-refractivity contribution in [2.75, 3.05) is 7.05 Å². The van der Waals surface area contributed by atoms with Crippen LogP contribution in [0.4, 0.5) is 4.79 Å². The second kappa shape index (κ2) is 8.41. The number of hydroxylamine groups is 3. The van der Waals surface area contributed by atoms with Crippen molar-refractivity contribution in [3.8, 4) is 0 Å². The molecule has 1 aliphatic rings. The third-order valence-electron chi connectivity index (χ3n) is 3.76. The van der Waals surface area contributed by atoms with Crippen LogP contribution in [0.2, 0.25) is 0 Å². The lowest BCUT2D eigenvalue weighted by Crippen LogP contribution is -2.63. The van der Waals surface area contributed by atoms with E-state index in [0.29, 0.717) is 0 Å². The van der Waals surface area contributed by atoms with Crippen LogP contribution in [0.15, 0.2) is 60.7 Å². The Morgan fingerprint density at radius 3 is 1.92 bits per heavy atom. The second-order valence-electron chi connectivity index (χ2n) is 5.62. The van der Waals surface area contributed by atoms with Gasteiger partial charge in [0.1, 0.15) is 13.2 Å². The molecule has 0 N–H and O–H groups in total. The summed E-state index contributed by atoms with van der Waals surface area (Å²) in [7, 11) is 1.58. The molecule has 0 bridgehead atoms. The maximum atomic E-state index is 12.7. The molecule has 0 spiro atoms. The predicted molar refractivity (Wildman–Crippen MR) is 97.0 cm³/mol. The van der Waals surface area contributed by atoms with Crippen LogP contribution in [0.3, 0.4) is 0 Å². The molecule has 1 unspecified atom stereocenters. The van der Waals surface area contributed by atoms with Crippen LogP contribution >= 0.6 is 15.9 Å². The van der Waals surface area contributed by atoms with E-state index in [-0.39, 0.29) is 13.2 Å². The Hall–Kier alpha value is -2.26. The highest BCUT2D eigenvalue weighted by Crippen LogP contribution is 2.23. The van der Waals surface area contributed by atoms with E-state index in [4.69, 9.17) is 9.68 Å². The molecular formula is C18H18BrN3O4. The van der Waals surface area contributed by atoms with Gasteiger partial charge in [-0.3, -0.25) is 9.63 Å². The van der Waals surface area contributed by atoms with Gasteiger partial charge in [0.15, 0.2) is 4.95 Å². The fourth-order valence-electron chi connectivity index (χ4n) is 2.34. The molecule has 0 radical (unpaired) electrons. The van der Waals surface area contributed by atoms with Crippen LogP contribution in [0.5, 0.6) is 0 Å². The predicted octanol–water partition coefficient (Wildman–Crippen LogP) is 3.08. The number of alkyl halides is 1. The first-order valence-electron chi connectivity index (χ1n) is 7.96. The van der Waals surface area contributed by atoms with E-state index in [2.05, 4.69) is 15.9 Å². The third-order valence-corrected chi connectivity index (χ3v) is 4.74. The van der Waals surface area contributed by atoms with Gasteiger partial charge in [-0.05, 0) is 11.1 Å². The Morgan fingerprint density at radius 1 is 0.885 bits per heavy atom. The molecule has 0 aliphatic carbocycles. The molecular weight excluding hydrogens is 402 g/mol. The number of amides is 3. The summed E-state index contributed by atoms with van der Waals surface area (Å²) in [6.45, 7) is 0.269. The minimum Gasteiger partial charge on any atom is -0.269 e. The van der Waals surface area contributed by atoms with E-state index in [9.17, 15) is 9.59 Å². The number of benzene rings is 2. The first-order chi connectivity index (χ1) is 12.6. The molecule has 1 aliphatic heterocycles. The molecule has 1 fully saturated rings. The fourth-order valence-corrected chi connectivity index (χ4v) is 2.70. The zero-order valence-electron chi connectivity index (χ0n) is 14.1. The topological polar surface area (TPSA) is 62.3 Å². The highest BCUT2D eigenvalue weighted by Gasteiger charge is 2.44. The molecule has 1 saturated heterocycles. The van der Waals surface area contributed by atoms with Crippen molar-refractivity contribution in [1.29, 1.82) is 0 Å². The number of urea groups is 1. The minimum absolute atomic E-state index is 0.0915. The van der Waals surface area contributed by atoms with Gasteiger partial charge < -0.3 is 0 Å². The van der Waals surface area contributed by atoms with E-state index >= 15 is 0 Å². The number of likely N-dealkylation sites (N-methyl/N-ethyl adjacent to an activating group) is 1. The SMILES string of the molecule is CN1C(Br)C(=O)N(OCc2ccccc2)C(=O)N1OCc1ccccc1. The summed E-state index contributed by atoms with van der Waals surface area (Å²) >= 11 is 3.26. The number of hydrogen-bond acceptors (Lipinski definition) is 5. The maximum absolute atomic E-state index is 12.7. The van der Waals surface area contributed by atoms with Crippen molar-refractivity contribution >= 4 is 27.9 Å². The average molecular weight is 420 g/mol. The van der Waals surface area contributed by atoms with E-state index in [1.807, 2.05) is 60.7 Å². The van der Waals surface area contributed by atoms with Crippen LogP contribution in [-0.2, 0) is 27.7 Å². The van der Waals surface area contributed by atoms with E-state index in [1.165, 1.54) is 5.01 Å². The van der Waals surface area contributed by atoms with Gasteiger partial charge in [0, 0.05) is 7.05 Å². The fraction of sp³-hybridized carbons (Fsp3) is 0.222. The summed E-state index contributed by atoms with van der Waals surface area (Å²) in [5.41, 5.74) is 1.74. The second-order valence-corrected chi connectivity index (χ2v) is 6.48. The van der Waals surface area contributed by atoms with Crippen molar-refractivity contribution in [2.45, 2.75) is 18.2 Å². The Balaban J connectivity index is 1.68. The van der Waals surface area contributed by atoms with Crippen molar-refractivity contribution in [2.24, 2.45) is 0 Å². The molecule has 2 aromatic rings. The highest BCUT2D eigenvalue weighted by molar-refractivity contribution is 9.09. The number of hydrogen-bond donors (Lipinski definition) is 0. The van der Waals surface area contributed by atoms with Gasteiger partial charge in [0.25, 0.3) is 5.91 Å². The molecule has 1 atom stereocenters. The van der Waals surface area contributed by atoms with Crippen molar-refractivity contribution in [3.05, 3.63) is 71.8 Å². The molecule has 1 heterocycles. The van der Waals surface area contributed by atoms with E-state index in [0.717, 1.165) is 21.4 Å². The van der Waals surface area contributed by atoms with Crippen LogP contribution in [0.25, 0.3) is 0 Å². The number of imide groups is 1. The summed E-state index contributed by atoms with van der Waals surface area (Å²) in [5, 5.41) is 3.10. The van der Waals surface area contributed by atoms with Crippen molar-refractivity contribution in [1.82, 2.24) is 15.2 Å². The lowest BCUT2D eigenvalue weighted by molar-refractivity contribution is -0.283. The smallest absolute Gasteiger partial charge is 0.269 e. The summed E-state index contributed by atoms with van der Waals surface area (Å²) in [6.07, 6.45) is 0. The molecule has 8 heteroatoms. The van der Waals surface area contributed by atoms with Gasteiger partial charge in [-0.25, -0.2) is 9.63 Å². The molecule has 2 aromatic carbocycles. The van der Waals surface area contributed by atoms with Crippen LogP contribution in [-0.4, -0.2) is 39.2 Å². The number of halogens is 1. The third kappa shape index (κ3) is 4.10. The van der Waals surface area contributed by atoms with Gasteiger partial charge in [-0.1, -0.05) is 76.6 Å². The van der Waals surface area contributed by atoms with Gasteiger partial charge in [0.05, 0.1) is 0 Å². The zero-order valence-corrected chi connectivity index (χ0v) is 15.7. The molecule has 136 valence electrons. The zero-order chi connectivity index (χ0) is 18.5. The average Bonchev–Trinajstić information content (AvgIpc) is 2.68. The van der Waals surface area contributed by atoms with Gasteiger partial charge >= 0.3 is 6.03 Å². The largest absolute Gasteiger partial charge is 0.390 e. The monoisotopic (exact) mass is 419 g/mol.